The van der Waals surface area contributed by atoms with Crippen molar-refractivity contribution < 1.29 is 18.3 Å². The lowest BCUT2D eigenvalue weighted by Gasteiger charge is -2.09. The molecule has 6 heteroatoms. The number of rotatable bonds is 5. The second-order valence-electron chi connectivity index (χ2n) is 4.08. The summed E-state index contributed by atoms with van der Waals surface area (Å²) >= 11 is 0. The van der Waals surface area contributed by atoms with Crippen LogP contribution >= 0.6 is 0 Å². The van der Waals surface area contributed by atoms with Crippen LogP contribution in [0.25, 0.3) is 0 Å². The van der Waals surface area contributed by atoms with Gasteiger partial charge < -0.3 is 9.47 Å². The molecule has 0 bridgehead atoms. The summed E-state index contributed by atoms with van der Waals surface area (Å²) < 4.78 is 36.6. The molecule has 2 rings (SSSR count). The van der Waals surface area contributed by atoms with Gasteiger partial charge in [-0.25, -0.2) is 8.78 Å². The normalized spacial score (nSPS) is 10.7. The van der Waals surface area contributed by atoms with Crippen LogP contribution in [-0.2, 0) is 0 Å². The third kappa shape index (κ3) is 3.47. The van der Waals surface area contributed by atoms with E-state index in [1.54, 1.807) is 18.2 Å². The zero-order chi connectivity index (χ0) is 15.2. The highest BCUT2D eigenvalue weighted by Crippen LogP contribution is 2.29. The number of benzene rings is 2. The van der Waals surface area contributed by atoms with Gasteiger partial charge in [0.05, 0.1) is 26.1 Å². The Morgan fingerprint density at radius 2 is 1.90 bits per heavy atom. The van der Waals surface area contributed by atoms with E-state index in [4.69, 9.17) is 9.47 Å². The molecule has 0 atom stereocenters. The molecule has 0 amide bonds. The number of hydrogen-bond donors (Lipinski definition) is 1. The topological polar surface area (TPSA) is 42.8 Å². The molecule has 2 aromatic rings. The van der Waals surface area contributed by atoms with Crippen molar-refractivity contribution in [2.24, 2.45) is 5.10 Å². The van der Waals surface area contributed by atoms with Crippen LogP contribution in [0.3, 0.4) is 0 Å². The Labute approximate surface area is 121 Å². The van der Waals surface area contributed by atoms with E-state index < -0.39 is 11.6 Å². The van der Waals surface area contributed by atoms with Gasteiger partial charge in [0.2, 0.25) is 0 Å². The first-order chi connectivity index (χ1) is 10.2. The smallest absolute Gasteiger partial charge is 0.169 e. The molecule has 110 valence electrons. The minimum absolute atomic E-state index is 0.0783. The predicted molar refractivity (Wildman–Crippen MR) is 77.1 cm³/mol. The van der Waals surface area contributed by atoms with E-state index >= 15 is 0 Å². The van der Waals surface area contributed by atoms with E-state index in [1.165, 1.54) is 26.5 Å². The van der Waals surface area contributed by atoms with Crippen LogP contribution in [0.5, 0.6) is 11.5 Å². The Hall–Kier alpha value is -2.63. The van der Waals surface area contributed by atoms with Gasteiger partial charge in [0.15, 0.2) is 17.3 Å². The number of para-hydroxylation sites is 1. The number of ether oxygens (including phenoxy) is 2. The molecule has 21 heavy (non-hydrogen) atoms. The number of methoxy groups -OCH3 is 2. The Kier molecular flexibility index (Phi) is 4.71. The molecule has 0 heterocycles. The van der Waals surface area contributed by atoms with Gasteiger partial charge in [0.25, 0.3) is 0 Å². The summed E-state index contributed by atoms with van der Waals surface area (Å²) in [7, 11) is 3.05. The number of anilines is 1. The Bertz CT molecular complexity index is 660. The molecule has 0 unspecified atom stereocenters. The molecule has 0 aliphatic carbocycles. The van der Waals surface area contributed by atoms with E-state index in [1.807, 2.05) is 0 Å². The predicted octanol–water partition coefficient (Wildman–Crippen LogP) is 3.43. The molecule has 0 radical (unpaired) electrons. The molecule has 0 spiro atoms. The molecule has 1 N–H and O–H groups in total. The largest absolute Gasteiger partial charge is 0.493 e. The van der Waals surface area contributed by atoms with Crippen molar-refractivity contribution in [3.8, 4) is 11.5 Å². The molecule has 2 aromatic carbocycles. The first-order valence-corrected chi connectivity index (χ1v) is 6.11. The van der Waals surface area contributed by atoms with Gasteiger partial charge in [-0.2, -0.15) is 5.10 Å². The first kappa shape index (κ1) is 14.8. The molecule has 0 aliphatic heterocycles. The van der Waals surface area contributed by atoms with Gasteiger partial charge in [-0.3, -0.25) is 5.43 Å². The summed E-state index contributed by atoms with van der Waals surface area (Å²) in [5.41, 5.74) is 3.25. The fraction of sp³-hybridized carbons (Fsp3) is 0.133. The van der Waals surface area contributed by atoms with Crippen LogP contribution in [0, 0.1) is 11.6 Å². The zero-order valence-corrected chi connectivity index (χ0v) is 11.6. The van der Waals surface area contributed by atoms with Crippen molar-refractivity contribution in [3.05, 3.63) is 53.6 Å². The van der Waals surface area contributed by atoms with Crippen molar-refractivity contribution in [1.82, 2.24) is 0 Å². The maximum atomic E-state index is 13.4. The van der Waals surface area contributed by atoms with E-state index in [9.17, 15) is 8.78 Å². The SMILES string of the molecule is COc1cccc(C=NNc2ccc(F)cc2F)c1OC. The lowest BCUT2D eigenvalue weighted by molar-refractivity contribution is 0.354. The summed E-state index contributed by atoms with van der Waals surface area (Å²) in [4.78, 5) is 0. The number of halogens is 2. The molecule has 4 nitrogen and oxygen atoms in total. The maximum absolute atomic E-state index is 13.4. The van der Waals surface area contributed by atoms with Gasteiger partial charge in [-0.15, -0.1) is 0 Å². The van der Waals surface area contributed by atoms with E-state index in [-0.39, 0.29) is 5.69 Å². The number of hydrogen-bond acceptors (Lipinski definition) is 4. The fourth-order valence-electron chi connectivity index (χ4n) is 1.77. The summed E-state index contributed by atoms with van der Waals surface area (Å²) in [5, 5.41) is 3.91. The Morgan fingerprint density at radius 1 is 1.10 bits per heavy atom. The van der Waals surface area contributed by atoms with Crippen molar-refractivity contribution >= 4 is 11.9 Å². The van der Waals surface area contributed by atoms with Gasteiger partial charge in [-0.1, -0.05) is 6.07 Å². The second-order valence-corrected chi connectivity index (χ2v) is 4.08. The van der Waals surface area contributed by atoms with Gasteiger partial charge in [0, 0.05) is 11.6 Å². The van der Waals surface area contributed by atoms with Crippen LogP contribution in [0.4, 0.5) is 14.5 Å². The Morgan fingerprint density at radius 3 is 2.57 bits per heavy atom. The standard InChI is InChI=1S/C15H14F2N2O2/c1-20-14-5-3-4-10(15(14)21-2)9-18-19-13-7-6-11(16)8-12(13)17/h3-9,19H,1-2H3. The molecular weight excluding hydrogens is 278 g/mol. The van der Waals surface area contributed by atoms with E-state index in [0.717, 1.165) is 12.1 Å². The first-order valence-electron chi connectivity index (χ1n) is 6.11. The van der Waals surface area contributed by atoms with Gasteiger partial charge in [-0.05, 0) is 24.3 Å². The second kappa shape index (κ2) is 6.69. The van der Waals surface area contributed by atoms with Gasteiger partial charge in [0.1, 0.15) is 5.82 Å². The monoisotopic (exact) mass is 292 g/mol. The summed E-state index contributed by atoms with van der Waals surface area (Å²) in [6.07, 6.45) is 1.46. The zero-order valence-electron chi connectivity index (χ0n) is 11.6. The highest BCUT2D eigenvalue weighted by atomic mass is 19.1. The lowest BCUT2D eigenvalue weighted by Crippen LogP contribution is -1.98. The van der Waals surface area contributed by atoms with Crippen molar-refractivity contribution in [2.75, 3.05) is 19.6 Å². The van der Waals surface area contributed by atoms with Crippen LogP contribution in [-0.4, -0.2) is 20.4 Å². The molecule has 0 aliphatic rings. The quantitative estimate of drug-likeness (QED) is 0.678. The minimum atomic E-state index is -0.718. The van der Waals surface area contributed by atoms with Crippen molar-refractivity contribution in [2.45, 2.75) is 0 Å². The van der Waals surface area contributed by atoms with Gasteiger partial charge >= 0.3 is 0 Å². The Balaban J connectivity index is 2.18. The highest BCUT2D eigenvalue weighted by molar-refractivity contribution is 5.85. The number of nitrogens with one attached hydrogen (secondary N) is 1. The van der Waals surface area contributed by atoms with Crippen LogP contribution in [0.2, 0.25) is 0 Å². The van der Waals surface area contributed by atoms with E-state index in [0.29, 0.717) is 17.1 Å². The molecular formula is C15H14F2N2O2. The van der Waals surface area contributed by atoms with Crippen LogP contribution < -0.4 is 14.9 Å². The average molecular weight is 292 g/mol. The molecule has 0 fully saturated rings. The number of hydrazone groups is 1. The van der Waals surface area contributed by atoms with Crippen LogP contribution in [0.1, 0.15) is 5.56 Å². The summed E-state index contributed by atoms with van der Waals surface area (Å²) in [6, 6.07) is 8.50. The summed E-state index contributed by atoms with van der Waals surface area (Å²) in [6.45, 7) is 0. The average Bonchev–Trinajstić information content (AvgIpc) is 2.49. The summed E-state index contributed by atoms with van der Waals surface area (Å²) in [5.74, 6) is -0.277. The van der Waals surface area contributed by atoms with Crippen LogP contribution in [0.15, 0.2) is 41.5 Å². The third-order valence-corrected chi connectivity index (χ3v) is 2.75. The van der Waals surface area contributed by atoms with Crippen molar-refractivity contribution in [3.63, 3.8) is 0 Å². The minimum Gasteiger partial charge on any atom is -0.493 e. The van der Waals surface area contributed by atoms with Crippen molar-refractivity contribution in [1.29, 1.82) is 0 Å². The third-order valence-electron chi connectivity index (χ3n) is 2.75. The lowest BCUT2D eigenvalue weighted by atomic mass is 10.2. The maximum Gasteiger partial charge on any atom is 0.169 e. The highest BCUT2D eigenvalue weighted by Gasteiger charge is 2.07. The number of nitrogens with zero attached hydrogens (tertiary/aromatic N) is 1. The molecule has 0 aromatic heterocycles. The van der Waals surface area contributed by atoms with E-state index in [2.05, 4.69) is 10.5 Å². The molecule has 0 saturated heterocycles. The molecule has 0 saturated carbocycles. The fourth-order valence-corrected chi connectivity index (χ4v) is 1.77.